The minimum atomic E-state index is -0.157. The van der Waals surface area contributed by atoms with Gasteiger partial charge in [-0.15, -0.1) is 0 Å². The molecule has 0 unspecified atom stereocenters. The van der Waals surface area contributed by atoms with Crippen LogP contribution in [0.3, 0.4) is 0 Å². The Morgan fingerprint density at radius 3 is 2.70 bits per heavy atom. The van der Waals surface area contributed by atoms with Gasteiger partial charge in [-0.2, -0.15) is 0 Å². The van der Waals surface area contributed by atoms with Crippen molar-refractivity contribution in [3.05, 3.63) is 57.8 Å². The van der Waals surface area contributed by atoms with Gasteiger partial charge in [0.15, 0.2) is 0 Å². The molecular weight excluding hydrogens is 290 g/mol. The second-order valence-corrected chi connectivity index (χ2v) is 6.09. The van der Waals surface area contributed by atoms with Crippen LogP contribution in [0.1, 0.15) is 54.0 Å². The number of carbonyl (C=O) groups excluding carboxylic acids is 1. The fourth-order valence-electron chi connectivity index (χ4n) is 3.38. The van der Waals surface area contributed by atoms with Gasteiger partial charge in [-0.1, -0.05) is 37.3 Å². The van der Waals surface area contributed by atoms with Crippen molar-refractivity contribution >= 4 is 5.91 Å². The highest BCUT2D eigenvalue weighted by Gasteiger charge is 2.26. The van der Waals surface area contributed by atoms with Crippen molar-refractivity contribution in [1.29, 1.82) is 0 Å². The third kappa shape index (κ3) is 2.83. The minimum absolute atomic E-state index is 0.0436. The van der Waals surface area contributed by atoms with Gasteiger partial charge < -0.3 is 5.32 Å². The Balaban J connectivity index is 1.91. The summed E-state index contributed by atoms with van der Waals surface area (Å²) in [4.78, 5) is 25.1. The van der Waals surface area contributed by atoms with Crippen molar-refractivity contribution in [1.82, 2.24) is 14.5 Å². The van der Waals surface area contributed by atoms with Gasteiger partial charge in [-0.3, -0.25) is 13.9 Å². The van der Waals surface area contributed by atoms with E-state index in [-0.39, 0.29) is 17.6 Å². The van der Waals surface area contributed by atoms with Crippen LogP contribution >= 0.6 is 0 Å². The minimum Gasteiger partial charge on any atom is -0.344 e. The van der Waals surface area contributed by atoms with E-state index in [4.69, 9.17) is 0 Å². The lowest BCUT2D eigenvalue weighted by Crippen LogP contribution is -2.31. The van der Waals surface area contributed by atoms with Crippen molar-refractivity contribution in [3.63, 3.8) is 0 Å². The fourth-order valence-corrected chi connectivity index (χ4v) is 3.38. The van der Waals surface area contributed by atoms with Crippen LogP contribution in [-0.2, 0) is 20.0 Å². The second kappa shape index (κ2) is 6.44. The van der Waals surface area contributed by atoms with Crippen LogP contribution in [0.15, 0.2) is 35.1 Å². The normalized spacial score (nSPS) is 15.0. The maximum atomic E-state index is 12.8. The molecule has 1 aliphatic heterocycles. The topological polar surface area (TPSA) is 56.0 Å². The van der Waals surface area contributed by atoms with Crippen molar-refractivity contribution < 1.29 is 4.79 Å². The first-order chi connectivity index (χ1) is 11.1. The molecule has 0 aliphatic carbocycles. The molecule has 3 rings (SSSR count). The molecule has 0 saturated carbocycles. The number of imidazole rings is 1. The first-order valence-corrected chi connectivity index (χ1v) is 8.27. The summed E-state index contributed by atoms with van der Waals surface area (Å²) in [5, 5.41) is 3.09. The fraction of sp³-hybridized carbons (Fsp3) is 0.444. The molecule has 1 atom stereocenters. The Morgan fingerprint density at radius 2 is 2.00 bits per heavy atom. The van der Waals surface area contributed by atoms with Gasteiger partial charge >= 0.3 is 5.69 Å². The highest BCUT2D eigenvalue weighted by molar-refractivity contribution is 5.94. The molecule has 1 amide bonds. The number of amides is 1. The van der Waals surface area contributed by atoms with E-state index in [0.29, 0.717) is 12.2 Å². The molecule has 1 aliphatic rings. The third-order valence-electron chi connectivity index (χ3n) is 4.63. The van der Waals surface area contributed by atoms with Crippen molar-refractivity contribution in [3.8, 4) is 0 Å². The summed E-state index contributed by atoms with van der Waals surface area (Å²) in [6.45, 7) is 2.76. The molecular formula is C18H23N3O2. The maximum absolute atomic E-state index is 12.8. The van der Waals surface area contributed by atoms with Crippen LogP contribution < -0.4 is 11.0 Å². The molecule has 0 bridgehead atoms. The van der Waals surface area contributed by atoms with Gasteiger partial charge in [-0.05, 0) is 31.2 Å². The summed E-state index contributed by atoms with van der Waals surface area (Å²) in [5.41, 5.74) is 2.40. The number of nitrogens with one attached hydrogen (secondary N) is 1. The lowest BCUT2D eigenvalue weighted by molar-refractivity contribution is 0.0925. The zero-order valence-electron chi connectivity index (χ0n) is 13.7. The first-order valence-electron chi connectivity index (χ1n) is 8.27. The molecule has 5 nitrogen and oxygen atoms in total. The number of benzene rings is 1. The summed E-state index contributed by atoms with van der Waals surface area (Å²) in [7, 11) is 1.69. The van der Waals surface area contributed by atoms with Crippen LogP contribution in [0.2, 0.25) is 0 Å². The highest BCUT2D eigenvalue weighted by atomic mass is 16.2. The lowest BCUT2D eigenvalue weighted by atomic mass is 10.0. The van der Waals surface area contributed by atoms with E-state index in [2.05, 4.69) is 5.32 Å². The van der Waals surface area contributed by atoms with E-state index in [1.807, 2.05) is 37.3 Å². The van der Waals surface area contributed by atoms with Crippen molar-refractivity contribution in [2.24, 2.45) is 7.05 Å². The van der Waals surface area contributed by atoms with E-state index < -0.39 is 0 Å². The average Bonchev–Trinajstić information content (AvgIpc) is 2.85. The maximum Gasteiger partial charge on any atom is 0.328 e. The zero-order valence-corrected chi connectivity index (χ0v) is 13.7. The van der Waals surface area contributed by atoms with Crippen LogP contribution in [0.5, 0.6) is 0 Å². The molecule has 0 radical (unpaired) electrons. The smallest absolute Gasteiger partial charge is 0.328 e. The van der Waals surface area contributed by atoms with Gasteiger partial charge in [0, 0.05) is 13.6 Å². The Morgan fingerprint density at radius 1 is 1.26 bits per heavy atom. The molecule has 0 spiro atoms. The third-order valence-corrected chi connectivity index (χ3v) is 4.63. The lowest BCUT2D eigenvalue weighted by Gasteiger charge is -2.19. The van der Waals surface area contributed by atoms with E-state index >= 15 is 0 Å². The number of hydrogen-bond donors (Lipinski definition) is 1. The SMILES string of the molecule is CC[C@H](NC(=O)c1c2n(c(=O)n1C)CCCC2)c1ccccc1. The number of carbonyl (C=O) groups is 1. The summed E-state index contributed by atoms with van der Waals surface area (Å²) >= 11 is 0. The van der Waals surface area contributed by atoms with Gasteiger partial charge in [0.1, 0.15) is 5.69 Å². The van der Waals surface area contributed by atoms with Crippen LogP contribution in [0.4, 0.5) is 0 Å². The molecule has 1 N–H and O–H groups in total. The summed E-state index contributed by atoms with van der Waals surface area (Å²) in [6, 6.07) is 9.90. The zero-order chi connectivity index (χ0) is 16.4. The van der Waals surface area contributed by atoms with Gasteiger partial charge in [0.05, 0.1) is 11.7 Å². The Bertz CT molecular complexity index is 759. The number of rotatable bonds is 4. The standard InChI is InChI=1S/C18H23N3O2/c1-3-14(13-9-5-4-6-10-13)19-17(22)16-15-11-7-8-12-21(15)18(23)20(16)2/h4-6,9-10,14H,3,7-8,11-12H2,1-2H3,(H,19,22)/t14-/m0/s1. The van der Waals surface area contributed by atoms with E-state index in [9.17, 15) is 9.59 Å². The number of aromatic nitrogens is 2. The van der Waals surface area contributed by atoms with Crippen LogP contribution in [0, 0.1) is 0 Å². The number of nitrogens with zero attached hydrogens (tertiary/aromatic N) is 2. The summed E-state index contributed by atoms with van der Waals surface area (Å²) in [6.07, 6.45) is 3.62. The number of hydrogen-bond acceptors (Lipinski definition) is 2. The highest BCUT2D eigenvalue weighted by Crippen LogP contribution is 2.20. The van der Waals surface area contributed by atoms with Crippen molar-refractivity contribution in [2.75, 3.05) is 0 Å². The van der Waals surface area contributed by atoms with E-state index in [1.165, 1.54) is 4.57 Å². The Labute approximate surface area is 135 Å². The molecule has 0 fully saturated rings. The molecule has 5 heteroatoms. The summed E-state index contributed by atoms with van der Waals surface area (Å²) in [5.74, 6) is -0.157. The largest absolute Gasteiger partial charge is 0.344 e. The molecule has 2 aromatic rings. The molecule has 0 saturated heterocycles. The predicted octanol–water partition coefficient (Wildman–Crippen LogP) is 2.40. The van der Waals surface area contributed by atoms with Gasteiger partial charge in [0.2, 0.25) is 0 Å². The predicted molar refractivity (Wildman–Crippen MR) is 89.6 cm³/mol. The van der Waals surface area contributed by atoms with E-state index in [1.54, 1.807) is 11.6 Å². The van der Waals surface area contributed by atoms with Crippen LogP contribution in [-0.4, -0.2) is 15.0 Å². The molecule has 122 valence electrons. The quantitative estimate of drug-likeness (QED) is 0.942. The monoisotopic (exact) mass is 313 g/mol. The number of fused-ring (bicyclic) bond motifs is 1. The average molecular weight is 313 g/mol. The van der Waals surface area contributed by atoms with Gasteiger partial charge in [0.25, 0.3) is 5.91 Å². The molecule has 23 heavy (non-hydrogen) atoms. The van der Waals surface area contributed by atoms with E-state index in [0.717, 1.165) is 36.9 Å². The second-order valence-electron chi connectivity index (χ2n) is 6.09. The molecule has 1 aromatic heterocycles. The Kier molecular flexibility index (Phi) is 4.37. The summed E-state index contributed by atoms with van der Waals surface area (Å²) < 4.78 is 3.25. The van der Waals surface area contributed by atoms with Gasteiger partial charge in [-0.25, -0.2) is 4.79 Å². The Hall–Kier alpha value is -2.30. The van der Waals surface area contributed by atoms with Crippen LogP contribution in [0.25, 0.3) is 0 Å². The van der Waals surface area contributed by atoms with Crippen molar-refractivity contribution in [2.45, 2.75) is 45.2 Å². The molecule has 2 heterocycles. The first kappa shape index (κ1) is 15.6. The molecule has 1 aromatic carbocycles.